The van der Waals surface area contributed by atoms with Crippen LogP contribution in [0.15, 0.2) is 12.1 Å². The Labute approximate surface area is 181 Å². The highest BCUT2D eigenvalue weighted by Crippen LogP contribution is 2.34. The number of halogens is 1. The summed E-state index contributed by atoms with van der Waals surface area (Å²) in [6.07, 6.45) is 1.49. The number of ether oxygens (including phenoxy) is 3. The van der Waals surface area contributed by atoms with Gasteiger partial charge in [0.2, 0.25) is 5.95 Å². The molecule has 4 rings (SSSR count). The van der Waals surface area contributed by atoms with Gasteiger partial charge >= 0.3 is 0 Å². The number of hydrogen-bond acceptors (Lipinski definition) is 8. The first-order chi connectivity index (χ1) is 13.6. The molecular weight excluding hydrogens is 414 g/mol. The van der Waals surface area contributed by atoms with E-state index in [9.17, 15) is 4.79 Å². The van der Waals surface area contributed by atoms with Gasteiger partial charge in [0.1, 0.15) is 11.9 Å². The summed E-state index contributed by atoms with van der Waals surface area (Å²) >= 11 is 0. The summed E-state index contributed by atoms with van der Waals surface area (Å²) < 4.78 is 16.2. The predicted octanol–water partition coefficient (Wildman–Crippen LogP) is 0.654. The minimum absolute atomic E-state index is 0. The van der Waals surface area contributed by atoms with Crippen LogP contribution in [0.4, 0.5) is 11.8 Å². The molecule has 1 unspecified atom stereocenters. The number of methoxy groups -OCH3 is 2. The van der Waals surface area contributed by atoms with E-state index in [4.69, 9.17) is 19.9 Å². The first-order valence-electron chi connectivity index (χ1n) is 9.45. The molecule has 2 fully saturated rings. The van der Waals surface area contributed by atoms with Crippen LogP contribution in [0.5, 0.6) is 11.5 Å². The molecule has 2 aliphatic heterocycles. The highest BCUT2D eigenvalue weighted by Gasteiger charge is 2.31. The third-order valence-electron chi connectivity index (χ3n) is 5.30. The molecule has 3 heterocycles. The Morgan fingerprint density at radius 1 is 1.13 bits per heavy atom. The second-order valence-electron chi connectivity index (χ2n) is 6.95. The molecule has 10 nitrogen and oxygen atoms in total. The van der Waals surface area contributed by atoms with E-state index in [0.717, 1.165) is 12.8 Å². The number of benzene rings is 1. The SMILES string of the molecule is COc1cc2nc(N3CCN(C(=O)C4CCCO4)CC3)nc(N)c2cc1OC.Cl.O. The van der Waals surface area contributed by atoms with Crippen molar-refractivity contribution >= 4 is 41.0 Å². The summed E-state index contributed by atoms with van der Waals surface area (Å²) in [5.74, 6) is 2.21. The van der Waals surface area contributed by atoms with Crippen LogP contribution in [0.1, 0.15) is 12.8 Å². The number of nitrogens with two attached hydrogens (primary N) is 1. The van der Waals surface area contributed by atoms with Gasteiger partial charge in [0.05, 0.1) is 19.7 Å². The van der Waals surface area contributed by atoms with Crippen molar-refractivity contribution in [3.63, 3.8) is 0 Å². The highest BCUT2D eigenvalue weighted by molar-refractivity contribution is 5.91. The van der Waals surface area contributed by atoms with E-state index in [-0.39, 0.29) is 29.9 Å². The number of nitrogen functional groups attached to an aromatic ring is 1. The minimum atomic E-state index is -0.276. The lowest BCUT2D eigenvalue weighted by molar-refractivity contribution is -0.141. The fourth-order valence-corrected chi connectivity index (χ4v) is 3.71. The third kappa shape index (κ3) is 4.45. The van der Waals surface area contributed by atoms with Gasteiger partial charge in [-0.2, -0.15) is 4.98 Å². The molecule has 0 saturated carbocycles. The van der Waals surface area contributed by atoms with Gasteiger partial charge in [0.15, 0.2) is 11.5 Å². The predicted molar refractivity (Wildman–Crippen MR) is 116 cm³/mol. The van der Waals surface area contributed by atoms with Crippen molar-refractivity contribution in [2.75, 3.05) is 57.6 Å². The summed E-state index contributed by atoms with van der Waals surface area (Å²) in [6.45, 7) is 3.21. The Kier molecular flexibility index (Phi) is 7.88. The highest BCUT2D eigenvalue weighted by atomic mass is 35.5. The van der Waals surface area contributed by atoms with Gasteiger partial charge < -0.3 is 35.2 Å². The average molecular weight is 442 g/mol. The lowest BCUT2D eigenvalue weighted by Crippen LogP contribution is -2.51. The van der Waals surface area contributed by atoms with Gasteiger partial charge in [-0.25, -0.2) is 4.98 Å². The zero-order valence-electron chi connectivity index (χ0n) is 17.1. The molecule has 2 aromatic rings. The number of aromatic nitrogens is 2. The fraction of sp³-hybridized carbons (Fsp3) is 0.526. The fourth-order valence-electron chi connectivity index (χ4n) is 3.71. The molecule has 0 aliphatic carbocycles. The van der Waals surface area contributed by atoms with E-state index < -0.39 is 0 Å². The molecule has 0 bridgehead atoms. The van der Waals surface area contributed by atoms with Crippen LogP contribution in [-0.2, 0) is 9.53 Å². The topological polar surface area (TPSA) is 135 Å². The largest absolute Gasteiger partial charge is 0.493 e. The zero-order valence-corrected chi connectivity index (χ0v) is 17.9. The second kappa shape index (κ2) is 9.96. The molecule has 1 atom stereocenters. The van der Waals surface area contributed by atoms with E-state index in [1.54, 1.807) is 26.4 Å². The molecule has 1 aromatic heterocycles. The van der Waals surface area contributed by atoms with Gasteiger partial charge in [-0.3, -0.25) is 4.79 Å². The lowest BCUT2D eigenvalue weighted by atomic mass is 10.2. The Morgan fingerprint density at radius 2 is 1.80 bits per heavy atom. The molecule has 11 heteroatoms. The number of piperazine rings is 1. The van der Waals surface area contributed by atoms with Crippen molar-refractivity contribution in [3.05, 3.63) is 12.1 Å². The second-order valence-corrected chi connectivity index (χ2v) is 6.95. The van der Waals surface area contributed by atoms with Gasteiger partial charge in [-0.15, -0.1) is 12.4 Å². The Balaban J connectivity index is 0.00000160. The van der Waals surface area contributed by atoms with Crippen molar-refractivity contribution in [1.82, 2.24) is 14.9 Å². The molecule has 1 amide bonds. The van der Waals surface area contributed by atoms with E-state index >= 15 is 0 Å². The maximum absolute atomic E-state index is 12.5. The number of carbonyl (C=O) groups excluding carboxylic acids is 1. The summed E-state index contributed by atoms with van der Waals surface area (Å²) in [5.41, 5.74) is 6.87. The molecular formula is C19H28ClN5O5. The maximum atomic E-state index is 12.5. The van der Waals surface area contributed by atoms with Crippen molar-refractivity contribution in [2.24, 2.45) is 0 Å². The summed E-state index contributed by atoms with van der Waals surface area (Å²) in [7, 11) is 3.16. The number of nitrogens with zero attached hydrogens (tertiary/aromatic N) is 4. The molecule has 2 aliphatic rings. The van der Waals surface area contributed by atoms with Crippen LogP contribution in [0.3, 0.4) is 0 Å². The number of amides is 1. The molecule has 0 spiro atoms. The van der Waals surface area contributed by atoms with E-state index in [1.165, 1.54) is 0 Å². The molecule has 30 heavy (non-hydrogen) atoms. The molecule has 0 radical (unpaired) electrons. The van der Waals surface area contributed by atoms with Gasteiger partial charge in [-0.1, -0.05) is 0 Å². The Morgan fingerprint density at radius 3 is 2.40 bits per heavy atom. The lowest BCUT2D eigenvalue weighted by Gasteiger charge is -2.35. The maximum Gasteiger partial charge on any atom is 0.251 e. The van der Waals surface area contributed by atoms with Crippen LogP contribution >= 0.6 is 12.4 Å². The molecule has 166 valence electrons. The number of carbonyl (C=O) groups is 1. The van der Waals surface area contributed by atoms with E-state index in [2.05, 4.69) is 9.97 Å². The molecule has 1 aromatic carbocycles. The third-order valence-corrected chi connectivity index (χ3v) is 5.30. The van der Waals surface area contributed by atoms with Crippen molar-refractivity contribution in [2.45, 2.75) is 18.9 Å². The number of anilines is 2. The molecule has 4 N–H and O–H groups in total. The Hall–Kier alpha value is -2.56. The van der Waals surface area contributed by atoms with Crippen LogP contribution in [0.25, 0.3) is 10.9 Å². The number of rotatable bonds is 4. The average Bonchev–Trinajstić information content (AvgIpc) is 3.27. The van der Waals surface area contributed by atoms with E-state index in [1.807, 2.05) is 9.80 Å². The van der Waals surface area contributed by atoms with Crippen molar-refractivity contribution in [1.29, 1.82) is 0 Å². The number of fused-ring (bicyclic) bond motifs is 1. The minimum Gasteiger partial charge on any atom is -0.493 e. The number of hydrogen-bond donors (Lipinski definition) is 1. The van der Waals surface area contributed by atoms with Gasteiger partial charge in [-0.05, 0) is 18.9 Å². The first-order valence-corrected chi connectivity index (χ1v) is 9.45. The normalized spacial score (nSPS) is 18.5. The molecule has 2 saturated heterocycles. The summed E-state index contributed by atoms with van der Waals surface area (Å²) in [6, 6.07) is 3.58. The Bertz CT molecular complexity index is 885. The van der Waals surface area contributed by atoms with Crippen molar-refractivity contribution in [3.8, 4) is 11.5 Å². The quantitative estimate of drug-likeness (QED) is 0.730. The standard InChI is InChI=1S/C19H25N5O4.ClH.H2O/c1-26-15-10-12-13(11-16(15)27-2)21-19(22-17(12)20)24-7-5-23(6-8-24)18(25)14-4-3-9-28-14;;/h10-11,14H,3-9H2,1-2H3,(H2,20,21,22);1H;1H2. The van der Waals surface area contributed by atoms with Crippen LogP contribution < -0.4 is 20.1 Å². The van der Waals surface area contributed by atoms with E-state index in [0.29, 0.717) is 67.0 Å². The monoisotopic (exact) mass is 441 g/mol. The van der Waals surface area contributed by atoms with Crippen LogP contribution in [0, 0.1) is 0 Å². The zero-order chi connectivity index (χ0) is 19.7. The van der Waals surface area contributed by atoms with Crippen molar-refractivity contribution < 1.29 is 24.5 Å². The first kappa shape index (κ1) is 23.7. The van der Waals surface area contributed by atoms with Crippen LogP contribution in [0.2, 0.25) is 0 Å². The van der Waals surface area contributed by atoms with Gasteiger partial charge in [0.25, 0.3) is 5.91 Å². The smallest absolute Gasteiger partial charge is 0.251 e. The van der Waals surface area contributed by atoms with Crippen LogP contribution in [-0.4, -0.2) is 79.4 Å². The van der Waals surface area contributed by atoms with Gasteiger partial charge in [0, 0.05) is 44.2 Å². The summed E-state index contributed by atoms with van der Waals surface area (Å²) in [5, 5.41) is 0.716. The summed E-state index contributed by atoms with van der Waals surface area (Å²) in [4.78, 5) is 25.6.